The zero-order valence-corrected chi connectivity index (χ0v) is 11.4. The van der Waals surface area contributed by atoms with Gasteiger partial charge in [-0.2, -0.15) is 11.8 Å². The molecule has 2 aliphatic heterocycles. The van der Waals surface area contributed by atoms with E-state index in [1.165, 1.54) is 18.6 Å². The van der Waals surface area contributed by atoms with Gasteiger partial charge in [-0.3, -0.25) is 0 Å². The summed E-state index contributed by atoms with van der Waals surface area (Å²) < 4.78 is 23.1. The van der Waals surface area contributed by atoms with Gasteiger partial charge in [-0.15, -0.1) is 0 Å². The first-order valence-corrected chi connectivity index (χ1v) is 9.02. The summed E-state index contributed by atoms with van der Waals surface area (Å²) in [5, 5.41) is 4.19. The van der Waals surface area contributed by atoms with Crippen LogP contribution in [0.3, 0.4) is 0 Å². The number of sulfone groups is 1. The van der Waals surface area contributed by atoms with Crippen LogP contribution < -0.4 is 5.32 Å². The molecule has 2 rings (SSSR count). The monoisotopic (exact) mass is 263 g/mol. The van der Waals surface area contributed by atoms with Crippen LogP contribution in [-0.2, 0) is 9.84 Å². The average molecular weight is 263 g/mol. The molecule has 0 aromatic rings. The van der Waals surface area contributed by atoms with Gasteiger partial charge in [-0.05, 0) is 31.4 Å². The lowest BCUT2D eigenvalue weighted by Gasteiger charge is -2.34. The summed E-state index contributed by atoms with van der Waals surface area (Å²) in [7, 11) is -2.77. The number of hydrogen-bond acceptors (Lipinski definition) is 4. The SMILES string of the molecule is CC1SCCCC1NC1CCCS(=O)(=O)C1. The highest BCUT2D eigenvalue weighted by atomic mass is 32.2. The van der Waals surface area contributed by atoms with Crippen LogP contribution in [0.2, 0.25) is 0 Å². The van der Waals surface area contributed by atoms with E-state index in [2.05, 4.69) is 12.2 Å². The smallest absolute Gasteiger partial charge is 0.151 e. The molecule has 16 heavy (non-hydrogen) atoms. The molecule has 2 fully saturated rings. The molecule has 3 unspecified atom stereocenters. The second-order valence-electron chi connectivity index (χ2n) is 4.94. The Morgan fingerprint density at radius 3 is 2.75 bits per heavy atom. The van der Waals surface area contributed by atoms with Crippen LogP contribution in [0.5, 0.6) is 0 Å². The highest BCUT2D eigenvalue weighted by Crippen LogP contribution is 2.26. The minimum absolute atomic E-state index is 0.199. The third-order valence-electron chi connectivity index (χ3n) is 3.52. The molecule has 1 N–H and O–H groups in total. The molecule has 94 valence electrons. The van der Waals surface area contributed by atoms with Gasteiger partial charge < -0.3 is 5.32 Å². The Morgan fingerprint density at radius 1 is 1.25 bits per heavy atom. The quantitative estimate of drug-likeness (QED) is 0.819. The Labute approximate surface area is 103 Å². The lowest BCUT2D eigenvalue weighted by atomic mass is 10.1. The zero-order chi connectivity index (χ0) is 11.6. The van der Waals surface area contributed by atoms with Crippen LogP contribution in [0.1, 0.15) is 32.6 Å². The molecule has 0 bridgehead atoms. The molecule has 0 aliphatic carbocycles. The van der Waals surface area contributed by atoms with Gasteiger partial charge in [-0.25, -0.2) is 8.42 Å². The Kier molecular flexibility index (Phi) is 4.19. The molecular weight excluding hydrogens is 242 g/mol. The number of rotatable bonds is 2. The van der Waals surface area contributed by atoms with Crippen LogP contribution in [0.4, 0.5) is 0 Å². The van der Waals surface area contributed by atoms with Crippen molar-refractivity contribution >= 4 is 21.6 Å². The number of nitrogens with one attached hydrogen (secondary N) is 1. The van der Waals surface area contributed by atoms with Gasteiger partial charge in [0.1, 0.15) is 0 Å². The van der Waals surface area contributed by atoms with E-state index in [9.17, 15) is 8.42 Å². The Bertz CT molecular complexity index is 329. The molecule has 5 heteroatoms. The predicted octanol–water partition coefficient (Wildman–Crippen LogP) is 1.44. The maximum Gasteiger partial charge on any atom is 0.151 e. The predicted molar refractivity (Wildman–Crippen MR) is 69.8 cm³/mol. The molecule has 2 aliphatic rings. The van der Waals surface area contributed by atoms with E-state index >= 15 is 0 Å². The summed E-state index contributed by atoms with van der Waals surface area (Å²) in [6, 6.07) is 0.710. The minimum Gasteiger partial charge on any atom is -0.309 e. The van der Waals surface area contributed by atoms with Crippen molar-refractivity contribution < 1.29 is 8.42 Å². The normalized spacial score (nSPS) is 39.4. The standard InChI is InChI=1S/C11H21NO2S2/c1-9-11(5-2-6-15-9)12-10-4-3-7-16(13,14)8-10/h9-12H,2-8H2,1H3. The lowest BCUT2D eigenvalue weighted by Crippen LogP contribution is -2.49. The fourth-order valence-electron chi connectivity index (χ4n) is 2.60. The molecular formula is C11H21NO2S2. The molecule has 0 aromatic heterocycles. The van der Waals surface area contributed by atoms with Gasteiger partial charge in [0, 0.05) is 17.3 Å². The first-order valence-electron chi connectivity index (χ1n) is 6.15. The summed E-state index contributed by atoms with van der Waals surface area (Å²) in [5.74, 6) is 1.99. The summed E-state index contributed by atoms with van der Waals surface area (Å²) in [6.07, 6.45) is 4.30. The van der Waals surface area contributed by atoms with Crippen molar-refractivity contribution in [1.29, 1.82) is 0 Å². The van der Waals surface area contributed by atoms with Crippen LogP contribution in [0.25, 0.3) is 0 Å². The first kappa shape index (κ1) is 12.7. The van der Waals surface area contributed by atoms with Crippen molar-refractivity contribution in [2.45, 2.75) is 49.9 Å². The van der Waals surface area contributed by atoms with E-state index in [0.29, 0.717) is 22.8 Å². The van der Waals surface area contributed by atoms with Crippen LogP contribution >= 0.6 is 11.8 Å². The first-order chi connectivity index (χ1) is 7.57. The molecule has 2 heterocycles. The van der Waals surface area contributed by atoms with E-state index in [1.807, 2.05) is 11.8 Å². The Balaban J connectivity index is 1.88. The largest absolute Gasteiger partial charge is 0.309 e. The minimum atomic E-state index is -2.77. The van der Waals surface area contributed by atoms with Crippen molar-refractivity contribution in [3.05, 3.63) is 0 Å². The topological polar surface area (TPSA) is 46.2 Å². The summed E-state index contributed by atoms with van der Waals surface area (Å²) in [5.41, 5.74) is 0. The van der Waals surface area contributed by atoms with Crippen LogP contribution in [0.15, 0.2) is 0 Å². The fraction of sp³-hybridized carbons (Fsp3) is 1.00. The van der Waals surface area contributed by atoms with Gasteiger partial charge >= 0.3 is 0 Å². The van der Waals surface area contributed by atoms with Crippen molar-refractivity contribution in [3.8, 4) is 0 Å². The molecule has 0 radical (unpaired) electrons. The molecule has 0 saturated carbocycles. The second-order valence-corrected chi connectivity index (χ2v) is 8.66. The van der Waals surface area contributed by atoms with E-state index in [1.54, 1.807) is 0 Å². The number of hydrogen-bond donors (Lipinski definition) is 1. The van der Waals surface area contributed by atoms with E-state index in [0.717, 1.165) is 12.8 Å². The Hall–Kier alpha value is 0.260. The third-order valence-corrected chi connectivity index (χ3v) is 6.72. The van der Waals surface area contributed by atoms with Crippen molar-refractivity contribution in [2.24, 2.45) is 0 Å². The fourth-order valence-corrected chi connectivity index (χ4v) is 5.40. The van der Waals surface area contributed by atoms with Crippen molar-refractivity contribution in [2.75, 3.05) is 17.3 Å². The molecule has 3 atom stereocenters. The maximum absolute atomic E-state index is 11.5. The molecule has 2 saturated heterocycles. The van der Waals surface area contributed by atoms with Gasteiger partial charge in [-0.1, -0.05) is 6.92 Å². The lowest BCUT2D eigenvalue weighted by molar-refractivity contribution is 0.388. The maximum atomic E-state index is 11.5. The highest BCUT2D eigenvalue weighted by Gasteiger charge is 2.29. The zero-order valence-electron chi connectivity index (χ0n) is 9.81. The average Bonchev–Trinajstić information content (AvgIpc) is 2.20. The molecule has 0 amide bonds. The van der Waals surface area contributed by atoms with Gasteiger partial charge in [0.2, 0.25) is 0 Å². The highest BCUT2D eigenvalue weighted by molar-refractivity contribution is 8.00. The van der Waals surface area contributed by atoms with E-state index < -0.39 is 9.84 Å². The van der Waals surface area contributed by atoms with Gasteiger partial charge in [0.05, 0.1) is 11.5 Å². The molecule has 0 aromatic carbocycles. The summed E-state index contributed by atoms with van der Waals surface area (Å²) >= 11 is 2.00. The summed E-state index contributed by atoms with van der Waals surface area (Å²) in [4.78, 5) is 0. The number of thioether (sulfide) groups is 1. The van der Waals surface area contributed by atoms with Crippen LogP contribution in [-0.4, -0.2) is 43.0 Å². The third kappa shape index (κ3) is 3.37. The van der Waals surface area contributed by atoms with Gasteiger partial charge in [0.25, 0.3) is 0 Å². The molecule has 3 nitrogen and oxygen atoms in total. The Morgan fingerprint density at radius 2 is 2.06 bits per heavy atom. The van der Waals surface area contributed by atoms with Crippen LogP contribution in [0, 0.1) is 0 Å². The van der Waals surface area contributed by atoms with E-state index in [-0.39, 0.29) is 6.04 Å². The van der Waals surface area contributed by atoms with E-state index in [4.69, 9.17) is 0 Å². The molecule has 0 spiro atoms. The summed E-state index contributed by atoms with van der Waals surface area (Å²) in [6.45, 7) is 2.25. The van der Waals surface area contributed by atoms with Gasteiger partial charge in [0.15, 0.2) is 9.84 Å². The van der Waals surface area contributed by atoms with Crippen molar-refractivity contribution in [3.63, 3.8) is 0 Å². The van der Waals surface area contributed by atoms with Crippen molar-refractivity contribution in [1.82, 2.24) is 5.32 Å². The second kappa shape index (κ2) is 5.27.